The highest BCUT2D eigenvalue weighted by molar-refractivity contribution is 5.62. The van der Waals surface area contributed by atoms with Gasteiger partial charge in [0.2, 0.25) is 0 Å². The summed E-state index contributed by atoms with van der Waals surface area (Å²) in [6, 6.07) is 5.26. The Morgan fingerprint density at radius 1 is 1.21 bits per heavy atom. The van der Waals surface area contributed by atoms with E-state index in [9.17, 15) is 13.2 Å². The number of allylic oxidation sites excluding steroid dienone is 5. The van der Waals surface area contributed by atoms with E-state index in [1.54, 1.807) is 6.20 Å². The largest absolute Gasteiger partial charge is 0.416 e. The monoisotopic (exact) mass is 403 g/mol. The number of likely N-dealkylation sites (N-methyl/N-ethyl adjacent to an activating group) is 1. The van der Waals surface area contributed by atoms with Gasteiger partial charge in [0.25, 0.3) is 0 Å². The van der Waals surface area contributed by atoms with Crippen molar-refractivity contribution in [3.63, 3.8) is 0 Å². The van der Waals surface area contributed by atoms with Crippen molar-refractivity contribution in [2.24, 2.45) is 4.99 Å². The first kappa shape index (κ1) is 22.7. The molecule has 0 saturated heterocycles. The van der Waals surface area contributed by atoms with Gasteiger partial charge in [-0.15, -0.1) is 0 Å². The van der Waals surface area contributed by atoms with E-state index in [2.05, 4.69) is 39.6 Å². The molecule has 0 radical (unpaired) electrons. The molecule has 0 bridgehead atoms. The first-order valence-electron chi connectivity index (χ1n) is 9.60. The van der Waals surface area contributed by atoms with E-state index in [0.29, 0.717) is 6.54 Å². The van der Waals surface area contributed by atoms with E-state index in [4.69, 9.17) is 0 Å². The quantitative estimate of drug-likeness (QED) is 0.436. The summed E-state index contributed by atoms with van der Waals surface area (Å²) in [6.07, 6.45) is 11.3. The van der Waals surface area contributed by atoms with Gasteiger partial charge in [-0.25, -0.2) is 0 Å². The highest BCUT2D eigenvalue weighted by atomic mass is 19.4. The molecule has 1 N–H and O–H groups in total. The van der Waals surface area contributed by atoms with Gasteiger partial charge in [0.05, 0.1) is 11.7 Å². The summed E-state index contributed by atoms with van der Waals surface area (Å²) in [5.41, 5.74) is 2.68. The van der Waals surface area contributed by atoms with E-state index in [1.165, 1.54) is 23.3 Å². The Labute approximate surface area is 171 Å². The Kier molecular flexibility index (Phi) is 8.46. The molecule has 0 aliphatic carbocycles. The van der Waals surface area contributed by atoms with Gasteiger partial charge in [0.15, 0.2) is 0 Å². The lowest BCUT2D eigenvalue weighted by Gasteiger charge is -2.29. The van der Waals surface area contributed by atoms with E-state index in [0.717, 1.165) is 30.5 Å². The SMILES string of the molecule is C/C=C\N=CC/C(=C\C)CC1=CN(C)C(NCc2ccc(C(F)(F)F)cc2)C=C1. The standard InChI is InChI=1S/C23H28F3N3/c1-4-13-27-14-12-18(5-2)15-20-8-11-22(29(3)17-20)28-16-19-6-9-21(10-7-19)23(24,25)26/h4-11,13-14,17,22,28H,12,15-16H2,1-3H3/b13-4-,18-5+,27-14?. The van der Waals surface area contributed by atoms with Crippen LogP contribution in [0.1, 0.15) is 37.8 Å². The van der Waals surface area contributed by atoms with Crippen molar-refractivity contribution in [3.8, 4) is 0 Å². The predicted molar refractivity (Wildman–Crippen MR) is 113 cm³/mol. The second-order valence-corrected chi connectivity index (χ2v) is 6.89. The van der Waals surface area contributed by atoms with Crippen molar-refractivity contribution < 1.29 is 13.2 Å². The summed E-state index contributed by atoms with van der Waals surface area (Å²) in [5, 5.41) is 3.35. The molecule has 1 unspecified atom stereocenters. The van der Waals surface area contributed by atoms with Gasteiger partial charge in [-0.1, -0.05) is 35.9 Å². The first-order valence-corrected chi connectivity index (χ1v) is 9.60. The summed E-state index contributed by atoms with van der Waals surface area (Å²) in [5.74, 6) is 0. The summed E-state index contributed by atoms with van der Waals surface area (Å²) < 4.78 is 38.0. The van der Waals surface area contributed by atoms with E-state index in [-0.39, 0.29) is 6.17 Å². The number of hydrogen-bond acceptors (Lipinski definition) is 3. The molecule has 2 rings (SSSR count). The van der Waals surface area contributed by atoms with Crippen LogP contribution >= 0.6 is 0 Å². The maximum Gasteiger partial charge on any atom is 0.416 e. The van der Waals surface area contributed by atoms with E-state index >= 15 is 0 Å². The number of halogens is 3. The highest BCUT2D eigenvalue weighted by Gasteiger charge is 2.29. The molecule has 0 spiro atoms. The lowest BCUT2D eigenvalue weighted by atomic mass is 10.0. The third-order valence-electron chi connectivity index (χ3n) is 4.63. The average molecular weight is 403 g/mol. The summed E-state index contributed by atoms with van der Waals surface area (Å²) in [4.78, 5) is 6.27. The normalized spacial score (nSPS) is 18.1. The molecule has 0 saturated carbocycles. The zero-order valence-corrected chi connectivity index (χ0v) is 17.1. The molecule has 6 heteroatoms. The van der Waals surface area contributed by atoms with Crippen LogP contribution in [0.25, 0.3) is 0 Å². The minimum Gasteiger partial charge on any atom is -0.361 e. The maximum atomic E-state index is 12.7. The second kappa shape index (κ2) is 10.8. The van der Waals surface area contributed by atoms with Gasteiger partial charge in [0.1, 0.15) is 0 Å². The summed E-state index contributed by atoms with van der Waals surface area (Å²) >= 11 is 0. The van der Waals surface area contributed by atoms with Crippen LogP contribution in [0.3, 0.4) is 0 Å². The zero-order chi connectivity index (χ0) is 21.3. The van der Waals surface area contributed by atoms with Crippen molar-refractivity contribution in [1.29, 1.82) is 0 Å². The summed E-state index contributed by atoms with van der Waals surface area (Å²) in [7, 11) is 1.98. The zero-order valence-electron chi connectivity index (χ0n) is 17.1. The van der Waals surface area contributed by atoms with Gasteiger partial charge >= 0.3 is 6.18 Å². The predicted octanol–water partition coefficient (Wildman–Crippen LogP) is 5.84. The average Bonchev–Trinajstić information content (AvgIpc) is 2.69. The molecule has 1 aromatic carbocycles. The van der Waals surface area contributed by atoms with Gasteiger partial charge < -0.3 is 4.90 Å². The highest BCUT2D eigenvalue weighted by Crippen LogP contribution is 2.29. The number of nitrogens with zero attached hydrogens (tertiary/aromatic N) is 2. The van der Waals surface area contributed by atoms with Crippen molar-refractivity contribution in [2.75, 3.05) is 7.05 Å². The number of nitrogens with one attached hydrogen (secondary N) is 1. The van der Waals surface area contributed by atoms with Crippen molar-refractivity contribution in [3.05, 3.63) is 83.2 Å². The van der Waals surface area contributed by atoms with Crippen LogP contribution in [-0.2, 0) is 12.7 Å². The van der Waals surface area contributed by atoms with Gasteiger partial charge in [0, 0.05) is 38.6 Å². The molecule has 156 valence electrons. The summed E-state index contributed by atoms with van der Waals surface area (Å²) in [6.45, 7) is 4.45. The third-order valence-corrected chi connectivity index (χ3v) is 4.63. The molecule has 3 nitrogen and oxygen atoms in total. The van der Waals surface area contributed by atoms with Gasteiger partial charge in [-0.2, -0.15) is 13.2 Å². The van der Waals surface area contributed by atoms with Crippen LogP contribution in [0, 0.1) is 0 Å². The smallest absolute Gasteiger partial charge is 0.361 e. The Morgan fingerprint density at radius 3 is 2.52 bits per heavy atom. The molecular weight excluding hydrogens is 375 g/mol. The maximum absolute atomic E-state index is 12.7. The molecule has 0 aromatic heterocycles. The van der Waals surface area contributed by atoms with Crippen LogP contribution in [0.4, 0.5) is 13.2 Å². The van der Waals surface area contributed by atoms with Gasteiger partial charge in [-0.3, -0.25) is 10.3 Å². The van der Waals surface area contributed by atoms with Crippen LogP contribution in [-0.4, -0.2) is 24.3 Å². The molecule has 1 aromatic rings. The van der Waals surface area contributed by atoms with Crippen molar-refractivity contribution in [2.45, 2.75) is 45.6 Å². The Morgan fingerprint density at radius 2 is 1.93 bits per heavy atom. The second-order valence-electron chi connectivity index (χ2n) is 6.89. The van der Waals surface area contributed by atoms with Gasteiger partial charge in [-0.05, 0) is 49.6 Å². The fraction of sp³-hybridized carbons (Fsp3) is 0.348. The number of rotatable bonds is 8. The Bertz CT molecular complexity index is 800. The molecule has 0 amide bonds. The third kappa shape index (κ3) is 7.38. The van der Waals surface area contributed by atoms with Crippen LogP contribution in [0.2, 0.25) is 0 Å². The number of alkyl halides is 3. The fourth-order valence-electron chi connectivity index (χ4n) is 2.96. The number of benzene rings is 1. The van der Waals surface area contributed by atoms with Crippen molar-refractivity contribution in [1.82, 2.24) is 10.2 Å². The molecule has 29 heavy (non-hydrogen) atoms. The molecule has 1 atom stereocenters. The van der Waals surface area contributed by atoms with Crippen LogP contribution < -0.4 is 5.32 Å². The molecule has 1 heterocycles. The van der Waals surface area contributed by atoms with E-state index in [1.807, 2.05) is 33.2 Å². The number of aliphatic imine (C=N–C) groups is 1. The lowest BCUT2D eigenvalue weighted by molar-refractivity contribution is -0.137. The van der Waals surface area contributed by atoms with E-state index < -0.39 is 11.7 Å². The van der Waals surface area contributed by atoms with Crippen LogP contribution in [0.5, 0.6) is 0 Å². The topological polar surface area (TPSA) is 27.6 Å². The molecule has 1 aliphatic heterocycles. The fourth-order valence-corrected chi connectivity index (χ4v) is 2.96. The minimum absolute atomic E-state index is 0.00801. The Hall–Kier alpha value is -2.60. The van der Waals surface area contributed by atoms with Crippen LogP contribution in [0.15, 0.2) is 77.1 Å². The number of hydrogen-bond donors (Lipinski definition) is 1. The minimum atomic E-state index is -4.30. The van der Waals surface area contributed by atoms with Crippen molar-refractivity contribution >= 4 is 6.21 Å². The molecular formula is C23H28F3N3. The Balaban J connectivity index is 1.87. The lowest BCUT2D eigenvalue weighted by Crippen LogP contribution is -2.40. The first-order chi connectivity index (χ1) is 13.8. The molecule has 0 fully saturated rings. The molecule has 1 aliphatic rings.